The van der Waals surface area contributed by atoms with Crippen molar-refractivity contribution in [3.8, 4) is 0 Å². The second-order valence-electron chi connectivity index (χ2n) is 2.82. The second-order valence-corrected chi connectivity index (χ2v) is 2.82. The van der Waals surface area contributed by atoms with E-state index >= 15 is 0 Å². The van der Waals surface area contributed by atoms with Crippen LogP contribution < -0.4 is 0 Å². The molecule has 2 unspecified atom stereocenters. The first-order valence-corrected chi connectivity index (χ1v) is 3.49. The van der Waals surface area contributed by atoms with E-state index in [1.807, 2.05) is 13.8 Å². The summed E-state index contributed by atoms with van der Waals surface area (Å²) in [6.45, 7) is 3.87. The normalized spacial score (nSPS) is 34.7. The van der Waals surface area contributed by atoms with Crippen LogP contribution in [0.1, 0.15) is 26.7 Å². The molecule has 2 heteroatoms. The number of ether oxygens (including phenoxy) is 1. The Balaban J connectivity index is 2.13. The molecule has 54 valence electrons. The van der Waals surface area contributed by atoms with Crippen LogP contribution in [0.4, 0.5) is 4.39 Å². The molecular formula is C7H13FO. The van der Waals surface area contributed by atoms with E-state index in [-0.39, 0.29) is 12.2 Å². The zero-order chi connectivity index (χ0) is 6.85. The van der Waals surface area contributed by atoms with Gasteiger partial charge in [-0.2, -0.15) is 0 Å². The SMILES string of the molecule is CC(C)OC1CCC1F. The van der Waals surface area contributed by atoms with E-state index in [9.17, 15) is 4.39 Å². The first-order chi connectivity index (χ1) is 4.20. The average Bonchev–Trinajstić information content (AvgIpc) is 1.79. The summed E-state index contributed by atoms with van der Waals surface area (Å²) in [5.74, 6) is 0. The highest BCUT2D eigenvalue weighted by atomic mass is 19.1. The van der Waals surface area contributed by atoms with Crippen molar-refractivity contribution >= 4 is 0 Å². The van der Waals surface area contributed by atoms with Gasteiger partial charge in [-0.15, -0.1) is 0 Å². The Bertz CT molecular complexity index is 92.9. The summed E-state index contributed by atoms with van der Waals surface area (Å²) in [5.41, 5.74) is 0. The summed E-state index contributed by atoms with van der Waals surface area (Å²) < 4.78 is 17.6. The lowest BCUT2D eigenvalue weighted by Gasteiger charge is -2.31. The van der Waals surface area contributed by atoms with Crippen LogP contribution in [-0.4, -0.2) is 18.4 Å². The van der Waals surface area contributed by atoms with Crippen molar-refractivity contribution in [2.45, 2.75) is 45.1 Å². The summed E-state index contributed by atoms with van der Waals surface area (Å²) in [6.07, 6.45) is 0.988. The molecule has 1 aliphatic carbocycles. The topological polar surface area (TPSA) is 9.23 Å². The molecule has 1 saturated carbocycles. The van der Waals surface area contributed by atoms with Crippen LogP contribution in [0.2, 0.25) is 0 Å². The van der Waals surface area contributed by atoms with Gasteiger partial charge in [0.15, 0.2) is 0 Å². The van der Waals surface area contributed by atoms with Gasteiger partial charge in [0.1, 0.15) is 6.17 Å². The highest BCUT2D eigenvalue weighted by molar-refractivity contribution is 4.81. The minimum absolute atomic E-state index is 0.0926. The summed E-state index contributed by atoms with van der Waals surface area (Å²) in [4.78, 5) is 0. The van der Waals surface area contributed by atoms with Crippen molar-refractivity contribution < 1.29 is 9.13 Å². The maximum Gasteiger partial charge on any atom is 0.126 e. The summed E-state index contributed by atoms with van der Waals surface area (Å²) in [5, 5.41) is 0. The van der Waals surface area contributed by atoms with Crippen LogP contribution in [0.3, 0.4) is 0 Å². The largest absolute Gasteiger partial charge is 0.373 e. The lowest BCUT2D eigenvalue weighted by Crippen LogP contribution is -2.37. The molecule has 0 saturated heterocycles. The van der Waals surface area contributed by atoms with Crippen LogP contribution in [0.15, 0.2) is 0 Å². The molecule has 1 rings (SSSR count). The predicted octanol–water partition coefficient (Wildman–Crippen LogP) is 1.91. The fourth-order valence-electron chi connectivity index (χ4n) is 0.932. The molecule has 0 aromatic carbocycles. The van der Waals surface area contributed by atoms with Gasteiger partial charge >= 0.3 is 0 Å². The Kier molecular flexibility index (Phi) is 2.06. The van der Waals surface area contributed by atoms with E-state index in [1.165, 1.54) is 0 Å². The van der Waals surface area contributed by atoms with E-state index in [0.717, 1.165) is 6.42 Å². The molecule has 0 N–H and O–H groups in total. The fraction of sp³-hybridized carbons (Fsp3) is 1.00. The van der Waals surface area contributed by atoms with Crippen molar-refractivity contribution in [1.82, 2.24) is 0 Å². The van der Waals surface area contributed by atoms with Gasteiger partial charge in [0.2, 0.25) is 0 Å². The van der Waals surface area contributed by atoms with Gasteiger partial charge in [-0.25, -0.2) is 4.39 Å². The molecule has 0 aromatic heterocycles. The predicted molar refractivity (Wildman–Crippen MR) is 34.1 cm³/mol. The molecule has 2 atom stereocenters. The minimum atomic E-state index is -0.688. The number of hydrogen-bond acceptors (Lipinski definition) is 1. The molecule has 0 spiro atoms. The Morgan fingerprint density at radius 2 is 2.11 bits per heavy atom. The molecule has 0 amide bonds. The summed E-state index contributed by atoms with van der Waals surface area (Å²) in [7, 11) is 0. The summed E-state index contributed by atoms with van der Waals surface area (Å²) in [6, 6.07) is 0. The number of alkyl halides is 1. The Labute approximate surface area is 55.2 Å². The van der Waals surface area contributed by atoms with Gasteiger partial charge in [-0.1, -0.05) is 0 Å². The van der Waals surface area contributed by atoms with E-state index in [4.69, 9.17) is 4.74 Å². The molecule has 0 radical (unpaired) electrons. The molecule has 0 heterocycles. The molecule has 0 aliphatic heterocycles. The van der Waals surface area contributed by atoms with E-state index < -0.39 is 6.17 Å². The van der Waals surface area contributed by atoms with Gasteiger partial charge in [0, 0.05) is 0 Å². The third kappa shape index (κ3) is 1.65. The monoisotopic (exact) mass is 132 g/mol. The third-order valence-corrected chi connectivity index (χ3v) is 1.58. The smallest absolute Gasteiger partial charge is 0.126 e. The highest BCUT2D eigenvalue weighted by Crippen LogP contribution is 2.27. The van der Waals surface area contributed by atoms with E-state index in [2.05, 4.69) is 0 Å². The van der Waals surface area contributed by atoms with Crippen LogP contribution >= 0.6 is 0 Å². The molecule has 0 aromatic rings. The van der Waals surface area contributed by atoms with Crippen LogP contribution in [-0.2, 0) is 4.74 Å². The lowest BCUT2D eigenvalue weighted by molar-refractivity contribution is -0.0866. The van der Waals surface area contributed by atoms with E-state index in [0.29, 0.717) is 6.42 Å². The Hall–Kier alpha value is -0.110. The minimum Gasteiger partial charge on any atom is -0.373 e. The van der Waals surface area contributed by atoms with Crippen molar-refractivity contribution in [3.05, 3.63) is 0 Å². The van der Waals surface area contributed by atoms with Crippen molar-refractivity contribution in [1.29, 1.82) is 0 Å². The second kappa shape index (κ2) is 2.65. The molecule has 0 bridgehead atoms. The van der Waals surface area contributed by atoms with Gasteiger partial charge in [0.05, 0.1) is 12.2 Å². The van der Waals surface area contributed by atoms with Crippen LogP contribution in [0.5, 0.6) is 0 Å². The lowest BCUT2D eigenvalue weighted by atomic mass is 9.93. The molecule has 9 heavy (non-hydrogen) atoms. The number of halogens is 1. The fourth-order valence-corrected chi connectivity index (χ4v) is 0.932. The Morgan fingerprint density at radius 3 is 2.22 bits per heavy atom. The van der Waals surface area contributed by atoms with E-state index in [1.54, 1.807) is 0 Å². The van der Waals surface area contributed by atoms with Gasteiger partial charge in [-0.3, -0.25) is 0 Å². The van der Waals surface area contributed by atoms with Crippen LogP contribution in [0, 0.1) is 0 Å². The quantitative estimate of drug-likeness (QED) is 0.557. The molecule has 1 nitrogen and oxygen atoms in total. The third-order valence-electron chi connectivity index (χ3n) is 1.58. The maximum absolute atomic E-state index is 12.4. The summed E-state index contributed by atoms with van der Waals surface area (Å²) >= 11 is 0. The maximum atomic E-state index is 12.4. The zero-order valence-corrected chi connectivity index (χ0v) is 5.93. The average molecular weight is 132 g/mol. The molecule has 1 fully saturated rings. The van der Waals surface area contributed by atoms with Crippen LogP contribution in [0.25, 0.3) is 0 Å². The van der Waals surface area contributed by atoms with Gasteiger partial charge in [0.25, 0.3) is 0 Å². The van der Waals surface area contributed by atoms with Crippen molar-refractivity contribution in [3.63, 3.8) is 0 Å². The molecular weight excluding hydrogens is 119 g/mol. The first-order valence-electron chi connectivity index (χ1n) is 3.49. The highest BCUT2D eigenvalue weighted by Gasteiger charge is 2.31. The zero-order valence-electron chi connectivity index (χ0n) is 5.93. The Morgan fingerprint density at radius 1 is 1.44 bits per heavy atom. The standard InChI is InChI=1S/C7H13FO/c1-5(2)9-7-4-3-6(7)8/h5-7H,3-4H2,1-2H3. The molecule has 1 aliphatic rings. The van der Waals surface area contributed by atoms with Gasteiger partial charge < -0.3 is 4.74 Å². The van der Waals surface area contributed by atoms with Crippen molar-refractivity contribution in [2.75, 3.05) is 0 Å². The van der Waals surface area contributed by atoms with Crippen molar-refractivity contribution in [2.24, 2.45) is 0 Å². The first kappa shape index (κ1) is 7.00. The number of hydrogen-bond donors (Lipinski definition) is 0. The van der Waals surface area contributed by atoms with Gasteiger partial charge in [-0.05, 0) is 26.7 Å². The number of rotatable bonds is 2.